The maximum atomic E-state index is 6.06. The van der Waals surface area contributed by atoms with Crippen molar-refractivity contribution in [2.45, 2.75) is 31.2 Å². The van der Waals surface area contributed by atoms with E-state index in [2.05, 4.69) is 10.4 Å². The van der Waals surface area contributed by atoms with Gasteiger partial charge in [-0.25, -0.2) is 0 Å². The van der Waals surface area contributed by atoms with Crippen LogP contribution >= 0.6 is 11.6 Å². The van der Waals surface area contributed by atoms with Crippen LogP contribution in [0.15, 0.2) is 12.3 Å². The summed E-state index contributed by atoms with van der Waals surface area (Å²) in [6.07, 6.45) is 5.58. The number of aromatic nitrogens is 2. The Bertz CT molecular complexity index is 311. The van der Waals surface area contributed by atoms with Gasteiger partial charge in [-0.05, 0) is 37.8 Å². The zero-order valence-corrected chi connectivity index (χ0v) is 9.87. The second-order valence-corrected chi connectivity index (χ2v) is 5.01. The van der Waals surface area contributed by atoms with E-state index in [-0.39, 0.29) is 0 Å². The SMILES string of the molecule is Cn1ccc(CNCC2CCC(Cl)C2)n1. The van der Waals surface area contributed by atoms with Crippen LogP contribution in [0.1, 0.15) is 25.0 Å². The summed E-state index contributed by atoms with van der Waals surface area (Å²) in [5, 5.41) is 8.17. The van der Waals surface area contributed by atoms with E-state index in [0.29, 0.717) is 5.38 Å². The van der Waals surface area contributed by atoms with Crippen molar-refractivity contribution in [2.75, 3.05) is 6.54 Å². The molecule has 0 amide bonds. The van der Waals surface area contributed by atoms with E-state index >= 15 is 0 Å². The third-order valence-electron chi connectivity index (χ3n) is 2.99. The molecule has 0 aliphatic heterocycles. The number of hydrogen-bond donors (Lipinski definition) is 1. The summed E-state index contributed by atoms with van der Waals surface area (Å²) in [7, 11) is 1.94. The minimum absolute atomic E-state index is 0.409. The van der Waals surface area contributed by atoms with Crippen LogP contribution in [-0.2, 0) is 13.6 Å². The highest BCUT2D eigenvalue weighted by Gasteiger charge is 2.22. The minimum Gasteiger partial charge on any atom is -0.311 e. The monoisotopic (exact) mass is 227 g/mol. The number of nitrogens with zero attached hydrogens (tertiary/aromatic N) is 2. The molecule has 0 radical (unpaired) electrons. The molecule has 0 spiro atoms. The normalized spacial score (nSPS) is 26.0. The van der Waals surface area contributed by atoms with Gasteiger partial charge in [-0.1, -0.05) is 0 Å². The first-order valence-corrected chi connectivity index (χ1v) is 6.01. The molecule has 1 heterocycles. The van der Waals surface area contributed by atoms with Gasteiger partial charge >= 0.3 is 0 Å². The first kappa shape index (κ1) is 11.0. The van der Waals surface area contributed by atoms with Gasteiger partial charge in [0.15, 0.2) is 0 Å². The lowest BCUT2D eigenvalue weighted by Gasteiger charge is -2.09. The summed E-state index contributed by atoms with van der Waals surface area (Å²) in [6.45, 7) is 1.93. The van der Waals surface area contributed by atoms with Gasteiger partial charge in [0, 0.05) is 25.2 Å². The molecule has 2 rings (SSSR count). The largest absolute Gasteiger partial charge is 0.311 e. The van der Waals surface area contributed by atoms with E-state index in [4.69, 9.17) is 11.6 Å². The Hall–Kier alpha value is -0.540. The van der Waals surface area contributed by atoms with Crippen molar-refractivity contribution in [3.63, 3.8) is 0 Å². The molecule has 15 heavy (non-hydrogen) atoms. The standard InChI is InChI=1S/C11H18ClN3/c1-15-5-4-11(14-15)8-13-7-9-2-3-10(12)6-9/h4-5,9-10,13H,2-3,6-8H2,1H3. The van der Waals surface area contributed by atoms with Crippen molar-refractivity contribution in [1.82, 2.24) is 15.1 Å². The molecule has 1 fully saturated rings. The lowest BCUT2D eigenvalue weighted by Crippen LogP contribution is -2.21. The summed E-state index contributed by atoms with van der Waals surface area (Å²) in [5.74, 6) is 0.760. The zero-order chi connectivity index (χ0) is 10.7. The van der Waals surface area contributed by atoms with Crippen LogP contribution in [0.3, 0.4) is 0 Å². The molecule has 1 aliphatic carbocycles. The fourth-order valence-corrected chi connectivity index (χ4v) is 2.54. The van der Waals surface area contributed by atoms with E-state index in [1.807, 2.05) is 24.0 Å². The number of nitrogens with one attached hydrogen (secondary N) is 1. The van der Waals surface area contributed by atoms with Gasteiger partial charge in [0.25, 0.3) is 0 Å². The van der Waals surface area contributed by atoms with Gasteiger partial charge in [-0.2, -0.15) is 5.10 Å². The summed E-state index contributed by atoms with van der Waals surface area (Å²) < 4.78 is 1.83. The molecular formula is C11H18ClN3. The van der Waals surface area contributed by atoms with Crippen LogP contribution in [0.4, 0.5) is 0 Å². The van der Waals surface area contributed by atoms with Gasteiger partial charge < -0.3 is 5.32 Å². The highest BCUT2D eigenvalue weighted by Crippen LogP contribution is 2.28. The number of aryl methyl sites for hydroxylation is 1. The van der Waals surface area contributed by atoms with Gasteiger partial charge in [0.05, 0.1) is 5.69 Å². The van der Waals surface area contributed by atoms with Gasteiger partial charge in [0.2, 0.25) is 0 Å². The van der Waals surface area contributed by atoms with Crippen molar-refractivity contribution in [3.05, 3.63) is 18.0 Å². The molecule has 2 atom stereocenters. The molecular weight excluding hydrogens is 210 g/mol. The second kappa shape index (κ2) is 4.99. The Labute approximate surface area is 95.8 Å². The highest BCUT2D eigenvalue weighted by atomic mass is 35.5. The molecule has 0 saturated heterocycles. The Morgan fingerprint density at radius 3 is 3.07 bits per heavy atom. The Kier molecular flexibility index (Phi) is 3.65. The number of halogens is 1. The molecule has 2 unspecified atom stereocenters. The minimum atomic E-state index is 0.409. The number of hydrogen-bond acceptors (Lipinski definition) is 2. The fraction of sp³-hybridized carbons (Fsp3) is 0.727. The highest BCUT2D eigenvalue weighted by molar-refractivity contribution is 6.20. The van der Waals surface area contributed by atoms with E-state index in [9.17, 15) is 0 Å². The molecule has 3 nitrogen and oxygen atoms in total. The molecule has 1 aromatic heterocycles. The summed E-state index contributed by atoms with van der Waals surface area (Å²) in [4.78, 5) is 0. The molecule has 0 bridgehead atoms. The predicted octanol–water partition coefficient (Wildman–Crippen LogP) is 1.92. The van der Waals surface area contributed by atoms with Gasteiger partial charge in [-0.15, -0.1) is 11.6 Å². The molecule has 84 valence electrons. The van der Waals surface area contributed by atoms with Crippen molar-refractivity contribution < 1.29 is 0 Å². The zero-order valence-electron chi connectivity index (χ0n) is 9.12. The lowest BCUT2D eigenvalue weighted by atomic mass is 10.1. The molecule has 0 aromatic carbocycles. The average Bonchev–Trinajstić information content (AvgIpc) is 2.76. The molecule has 4 heteroatoms. The van der Waals surface area contributed by atoms with Crippen LogP contribution in [0.5, 0.6) is 0 Å². The molecule has 1 aliphatic rings. The van der Waals surface area contributed by atoms with E-state index in [1.165, 1.54) is 12.8 Å². The van der Waals surface area contributed by atoms with Crippen LogP contribution in [0.25, 0.3) is 0 Å². The predicted molar refractivity (Wildman–Crippen MR) is 61.9 cm³/mol. The second-order valence-electron chi connectivity index (χ2n) is 4.39. The Morgan fingerprint density at radius 2 is 2.47 bits per heavy atom. The van der Waals surface area contributed by atoms with Crippen molar-refractivity contribution in [2.24, 2.45) is 13.0 Å². The van der Waals surface area contributed by atoms with Crippen molar-refractivity contribution >= 4 is 11.6 Å². The number of alkyl halides is 1. The van der Waals surface area contributed by atoms with Gasteiger partial charge in [-0.3, -0.25) is 4.68 Å². The first-order chi connectivity index (χ1) is 7.24. The first-order valence-electron chi connectivity index (χ1n) is 5.57. The fourth-order valence-electron chi connectivity index (χ4n) is 2.16. The van der Waals surface area contributed by atoms with Crippen LogP contribution in [0.2, 0.25) is 0 Å². The lowest BCUT2D eigenvalue weighted by molar-refractivity contribution is 0.486. The maximum absolute atomic E-state index is 6.06. The third kappa shape index (κ3) is 3.21. The van der Waals surface area contributed by atoms with E-state index in [1.54, 1.807) is 0 Å². The quantitative estimate of drug-likeness (QED) is 0.797. The Morgan fingerprint density at radius 1 is 1.60 bits per heavy atom. The van der Waals surface area contributed by atoms with Crippen LogP contribution in [-0.4, -0.2) is 21.7 Å². The molecule has 1 saturated carbocycles. The summed E-state index contributed by atoms with van der Waals surface area (Å²) >= 11 is 6.06. The third-order valence-corrected chi connectivity index (χ3v) is 3.38. The number of rotatable bonds is 4. The maximum Gasteiger partial charge on any atom is 0.0762 e. The summed E-state index contributed by atoms with van der Waals surface area (Å²) in [6, 6.07) is 2.05. The molecule has 1 aromatic rings. The van der Waals surface area contributed by atoms with E-state index < -0.39 is 0 Å². The van der Waals surface area contributed by atoms with E-state index in [0.717, 1.165) is 31.1 Å². The molecule has 1 N–H and O–H groups in total. The van der Waals surface area contributed by atoms with Crippen molar-refractivity contribution in [3.8, 4) is 0 Å². The average molecular weight is 228 g/mol. The smallest absolute Gasteiger partial charge is 0.0762 e. The summed E-state index contributed by atoms with van der Waals surface area (Å²) in [5.41, 5.74) is 1.11. The van der Waals surface area contributed by atoms with Gasteiger partial charge in [0.1, 0.15) is 0 Å². The van der Waals surface area contributed by atoms with Crippen molar-refractivity contribution in [1.29, 1.82) is 0 Å². The van der Waals surface area contributed by atoms with Crippen LogP contribution in [0, 0.1) is 5.92 Å². The Balaban J connectivity index is 1.67. The van der Waals surface area contributed by atoms with Crippen LogP contribution < -0.4 is 5.32 Å². The topological polar surface area (TPSA) is 29.9 Å².